The summed E-state index contributed by atoms with van der Waals surface area (Å²) in [5.41, 5.74) is 0. The molecular weight excluding hydrogens is 276 g/mol. The average Bonchev–Trinajstić information content (AvgIpc) is 2.52. The van der Waals surface area contributed by atoms with Gasteiger partial charge in [-0.25, -0.2) is 0 Å². The van der Waals surface area contributed by atoms with Gasteiger partial charge in [-0.2, -0.15) is 0 Å². The normalized spacial score (nSPS) is 18.0. The maximum atomic E-state index is 11.9. The second-order valence-electron chi connectivity index (χ2n) is 6.49. The third kappa shape index (κ3) is 9.06. The zero-order valence-electron chi connectivity index (χ0n) is 14.3. The van der Waals surface area contributed by atoms with E-state index in [2.05, 4.69) is 17.6 Å². The molecule has 0 aromatic carbocycles. The minimum atomic E-state index is -0.302. The van der Waals surface area contributed by atoms with E-state index in [0.29, 0.717) is 6.42 Å². The van der Waals surface area contributed by atoms with Crippen molar-refractivity contribution in [3.05, 3.63) is 0 Å². The highest BCUT2D eigenvalue weighted by Crippen LogP contribution is 2.10. The van der Waals surface area contributed by atoms with E-state index in [1.165, 1.54) is 57.8 Å². The minimum absolute atomic E-state index is 0.00494. The number of amides is 2. The van der Waals surface area contributed by atoms with Gasteiger partial charge in [0.25, 0.3) is 0 Å². The van der Waals surface area contributed by atoms with E-state index in [-0.39, 0.29) is 17.9 Å². The lowest BCUT2D eigenvalue weighted by Gasteiger charge is -2.22. The highest BCUT2D eigenvalue weighted by molar-refractivity contribution is 5.88. The van der Waals surface area contributed by atoms with Crippen LogP contribution >= 0.6 is 0 Å². The van der Waals surface area contributed by atoms with E-state index in [9.17, 15) is 9.59 Å². The van der Waals surface area contributed by atoms with Crippen molar-refractivity contribution in [1.29, 1.82) is 0 Å². The third-order valence-corrected chi connectivity index (χ3v) is 4.38. The predicted octanol–water partition coefficient (Wildman–Crippen LogP) is 3.69. The molecule has 1 fully saturated rings. The fraction of sp³-hybridized carbons (Fsp3) is 0.889. The summed E-state index contributed by atoms with van der Waals surface area (Å²) in [6.45, 7) is 2.99. The van der Waals surface area contributed by atoms with Gasteiger partial charge in [0.15, 0.2) is 0 Å². The molecular formula is C18H34N2O2. The molecule has 0 bridgehead atoms. The van der Waals surface area contributed by atoms with Gasteiger partial charge in [-0.1, -0.05) is 64.7 Å². The number of hydrogen-bond acceptors (Lipinski definition) is 2. The van der Waals surface area contributed by atoms with E-state index in [1.807, 2.05) is 0 Å². The van der Waals surface area contributed by atoms with Crippen molar-refractivity contribution in [2.75, 3.05) is 6.54 Å². The Balaban J connectivity index is 1.86. The summed E-state index contributed by atoms with van der Waals surface area (Å²) < 4.78 is 0. The topological polar surface area (TPSA) is 58.2 Å². The van der Waals surface area contributed by atoms with E-state index >= 15 is 0 Å². The third-order valence-electron chi connectivity index (χ3n) is 4.38. The second kappa shape index (κ2) is 12.5. The van der Waals surface area contributed by atoms with Crippen LogP contribution in [0.3, 0.4) is 0 Å². The van der Waals surface area contributed by atoms with Crippen molar-refractivity contribution < 1.29 is 9.59 Å². The molecule has 4 nitrogen and oxygen atoms in total. The second-order valence-corrected chi connectivity index (χ2v) is 6.49. The van der Waals surface area contributed by atoms with Gasteiger partial charge in [-0.3, -0.25) is 9.59 Å². The van der Waals surface area contributed by atoms with Crippen LogP contribution in [0.1, 0.15) is 90.4 Å². The van der Waals surface area contributed by atoms with Crippen molar-refractivity contribution >= 4 is 11.8 Å². The van der Waals surface area contributed by atoms with Crippen LogP contribution in [0.4, 0.5) is 0 Å². The molecule has 2 amide bonds. The number of nitrogens with one attached hydrogen (secondary N) is 2. The first kappa shape index (κ1) is 19.0. The first-order valence-electron chi connectivity index (χ1n) is 9.31. The summed E-state index contributed by atoms with van der Waals surface area (Å²) in [5.74, 6) is -0.00527. The number of carbonyl (C=O) groups is 2. The van der Waals surface area contributed by atoms with Gasteiger partial charge in [0.05, 0.1) is 0 Å². The summed E-state index contributed by atoms with van der Waals surface area (Å²) in [4.78, 5) is 23.1. The van der Waals surface area contributed by atoms with Crippen LogP contribution in [-0.4, -0.2) is 24.4 Å². The predicted molar refractivity (Wildman–Crippen MR) is 90.6 cm³/mol. The Morgan fingerprint density at radius 1 is 1.05 bits per heavy atom. The maximum absolute atomic E-state index is 11.9. The summed E-state index contributed by atoms with van der Waals surface area (Å²) in [6.07, 6.45) is 15.2. The molecule has 0 aliphatic carbocycles. The number of rotatable bonds is 12. The smallest absolute Gasteiger partial charge is 0.242 e. The first-order chi connectivity index (χ1) is 10.7. The minimum Gasteiger partial charge on any atom is -0.354 e. The molecule has 1 atom stereocenters. The van der Waals surface area contributed by atoms with Crippen molar-refractivity contribution in [1.82, 2.24) is 10.6 Å². The monoisotopic (exact) mass is 310 g/mol. The average molecular weight is 310 g/mol. The molecule has 1 saturated heterocycles. The summed E-state index contributed by atoms with van der Waals surface area (Å²) >= 11 is 0. The Labute approximate surface area is 135 Å². The Morgan fingerprint density at radius 2 is 1.64 bits per heavy atom. The SMILES string of the molecule is CCCCCCCCCCCCNC(=O)C1CCCC(=O)N1. The zero-order valence-corrected chi connectivity index (χ0v) is 14.3. The number of piperidine rings is 1. The van der Waals surface area contributed by atoms with Crippen LogP contribution in [0.5, 0.6) is 0 Å². The molecule has 0 spiro atoms. The van der Waals surface area contributed by atoms with Crippen LogP contribution in [0.25, 0.3) is 0 Å². The molecule has 1 unspecified atom stereocenters. The van der Waals surface area contributed by atoms with Crippen LogP contribution in [0.15, 0.2) is 0 Å². The first-order valence-corrected chi connectivity index (χ1v) is 9.31. The Morgan fingerprint density at radius 3 is 2.23 bits per heavy atom. The van der Waals surface area contributed by atoms with Gasteiger partial charge in [-0.05, 0) is 19.3 Å². The van der Waals surface area contributed by atoms with E-state index in [4.69, 9.17) is 0 Å². The number of unbranched alkanes of at least 4 members (excludes halogenated alkanes) is 9. The molecule has 22 heavy (non-hydrogen) atoms. The van der Waals surface area contributed by atoms with Crippen LogP contribution in [-0.2, 0) is 9.59 Å². The quantitative estimate of drug-likeness (QED) is 0.540. The lowest BCUT2D eigenvalue weighted by atomic mass is 10.0. The molecule has 0 aromatic rings. The molecule has 1 aliphatic rings. The van der Waals surface area contributed by atoms with Crippen molar-refractivity contribution in [2.24, 2.45) is 0 Å². The van der Waals surface area contributed by atoms with Gasteiger partial charge < -0.3 is 10.6 Å². The highest BCUT2D eigenvalue weighted by Gasteiger charge is 2.23. The Bertz CT molecular complexity index is 318. The Hall–Kier alpha value is -1.06. The van der Waals surface area contributed by atoms with Gasteiger partial charge in [0.2, 0.25) is 11.8 Å². The lowest BCUT2D eigenvalue weighted by molar-refractivity contribution is -0.130. The van der Waals surface area contributed by atoms with E-state index in [0.717, 1.165) is 25.8 Å². The van der Waals surface area contributed by atoms with Gasteiger partial charge in [0.1, 0.15) is 6.04 Å². The molecule has 0 saturated carbocycles. The van der Waals surface area contributed by atoms with Crippen molar-refractivity contribution in [3.63, 3.8) is 0 Å². The number of hydrogen-bond donors (Lipinski definition) is 2. The van der Waals surface area contributed by atoms with E-state index in [1.54, 1.807) is 0 Å². The summed E-state index contributed by atoms with van der Waals surface area (Å²) in [7, 11) is 0. The van der Waals surface area contributed by atoms with Gasteiger partial charge >= 0.3 is 0 Å². The molecule has 4 heteroatoms. The van der Waals surface area contributed by atoms with Gasteiger partial charge in [0, 0.05) is 13.0 Å². The zero-order chi connectivity index (χ0) is 16.0. The molecule has 128 valence electrons. The van der Waals surface area contributed by atoms with Crippen LogP contribution in [0.2, 0.25) is 0 Å². The summed E-state index contributed by atoms with van der Waals surface area (Å²) in [5, 5.41) is 5.70. The standard InChI is InChI=1S/C18H34N2O2/c1-2-3-4-5-6-7-8-9-10-11-15-19-18(22)16-13-12-14-17(21)20-16/h16H,2-15H2,1H3,(H,19,22)(H,20,21). The van der Waals surface area contributed by atoms with Crippen LogP contribution < -0.4 is 10.6 Å². The molecule has 2 N–H and O–H groups in total. The lowest BCUT2D eigenvalue weighted by Crippen LogP contribution is -2.49. The molecule has 1 aliphatic heterocycles. The molecule has 0 radical (unpaired) electrons. The number of carbonyl (C=O) groups excluding carboxylic acids is 2. The van der Waals surface area contributed by atoms with E-state index < -0.39 is 0 Å². The highest BCUT2D eigenvalue weighted by atomic mass is 16.2. The fourth-order valence-electron chi connectivity index (χ4n) is 2.95. The molecule has 1 heterocycles. The van der Waals surface area contributed by atoms with Gasteiger partial charge in [-0.15, -0.1) is 0 Å². The van der Waals surface area contributed by atoms with Crippen molar-refractivity contribution in [3.8, 4) is 0 Å². The summed E-state index contributed by atoms with van der Waals surface area (Å²) in [6, 6.07) is -0.302. The maximum Gasteiger partial charge on any atom is 0.242 e. The Kier molecular flexibility index (Phi) is 10.8. The fourth-order valence-corrected chi connectivity index (χ4v) is 2.95. The largest absolute Gasteiger partial charge is 0.354 e. The van der Waals surface area contributed by atoms with Crippen molar-refractivity contribution in [2.45, 2.75) is 96.4 Å². The molecule has 1 rings (SSSR count). The van der Waals surface area contributed by atoms with Crippen LogP contribution in [0, 0.1) is 0 Å². The molecule has 0 aromatic heterocycles.